The number of ether oxygens (including phenoxy) is 1. The number of methoxy groups -OCH3 is 1. The minimum atomic E-state index is -0.149. The number of hydrogen-bond acceptors (Lipinski definition) is 5. The van der Waals surface area contributed by atoms with Crippen LogP contribution in [0.15, 0.2) is 42.5 Å². The predicted octanol–water partition coefficient (Wildman–Crippen LogP) is 3.85. The van der Waals surface area contributed by atoms with Crippen LogP contribution in [0.3, 0.4) is 0 Å². The standard InChI is InChI=1S/C23H22N2O3/c1-28-23(27)14-17-8-11-25(12-9-17)21-6-7-22(20(15-21)10-13-26)19-4-2-18(16-24)3-5-19/h2-7,10,15,17H,8-9,11-12,14H2,1H3. The van der Waals surface area contributed by atoms with Crippen LogP contribution in [-0.2, 0) is 14.3 Å². The number of carbonyl (C=O) groups excluding carboxylic acids is 2. The second kappa shape index (κ2) is 9.03. The van der Waals surface area contributed by atoms with E-state index in [1.54, 1.807) is 12.1 Å². The van der Waals surface area contributed by atoms with Gasteiger partial charge in [-0.15, -0.1) is 0 Å². The molecule has 0 amide bonds. The molecule has 0 spiro atoms. The highest BCUT2D eigenvalue weighted by Crippen LogP contribution is 2.31. The Morgan fingerprint density at radius 1 is 1.21 bits per heavy atom. The van der Waals surface area contributed by atoms with Gasteiger partial charge in [0.15, 0.2) is 0 Å². The molecule has 2 aromatic rings. The minimum Gasteiger partial charge on any atom is -0.469 e. The highest BCUT2D eigenvalue weighted by molar-refractivity contribution is 5.86. The molecule has 28 heavy (non-hydrogen) atoms. The van der Waals surface area contributed by atoms with E-state index < -0.39 is 0 Å². The Bertz CT molecular complexity index is 929. The molecule has 142 valence electrons. The number of benzene rings is 2. The Morgan fingerprint density at radius 2 is 1.93 bits per heavy atom. The van der Waals surface area contributed by atoms with E-state index in [0.717, 1.165) is 48.3 Å². The Balaban J connectivity index is 1.79. The zero-order chi connectivity index (χ0) is 19.9. The third-order valence-electron chi connectivity index (χ3n) is 5.24. The number of piperidine rings is 1. The fourth-order valence-corrected chi connectivity index (χ4v) is 3.63. The van der Waals surface area contributed by atoms with Crippen LogP contribution in [0.25, 0.3) is 17.2 Å². The molecule has 0 saturated carbocycles. The van der Waals surface area contributed by atoms with Crippen LogP contribution in [0.5, 0.6) is 0 Å². The van der Waals surface area contributed by atoms with Gasteiger partial charge in [-0.05, 0) is 59.7 Å². The maximum absolute atomic E-state index is 11.5. The zero-order valence-corrected chi connectivity index (χ0v) is 15.9. The van der Waals surface area contributed by atoms with Gasteiger partial charge in [-0.25, -0.2) is 4.79 Å². The molecule has 0 atom stereocenters. The van der Waals surface area contributed by atoms with Crippen LogP contribution in [0.2, 0.25) is 0 Å². The Kier molecular flexibility index (Phi) is 6.26. The lowest BCUT2D eigenvalue weighted by atomic mass is 9.92. The molecule has 0 N–H and O–H groups in total. The summed E-state index contributed by atoms with van der Waals surface area (Å²) in [5, 5.41) is 8.96. The highest BCUT2D eigenvalue weighted by atomic mass is 16.5. The topological polar surface area (TPSA) is 70.4 Å². The van der Waals surface area contributed by atoms with Crippen molar-refractivity contribution in [2.24, 2.45) is 5.92 Å². The van der Waals surface area contributed by atoms with Crippen molar-refractivity contribution in [2.45, 2.75) is 19.3 Å². The number of rotatable bonds is 5. The maximum atomic E-state index is 11.5. The van der Waals surface area contributed by atoms with Crippen molar-refractivity contribution < 1.29 is 14.3 Å². The van der Waals surface area contributed by atoms with Gasteiger partial charge in [0, 0.05) is 31.3 Å². The van der Waals surface area contributed by atoms with Crippen molar-refractivity contribution in [3.05, 3.63) is 53.6 Å². The van der Waals surface area contributed by atoms with Gasteiger partial charge >= 0.3 is 5.97 Å². The van der Waals surface area contributed by atoms with Gasteiger partial charge in [0.2, 0.25) is 0 Å². The van der Waals surface area contributed by atoms with Crippen LogP contribution in [0.1, 0.15) is 30.4 Å². The molecule has 1 aliphatic heterocycles. The lowest BCUT2D eigenvalue weighted by molar-refractivity contribution is -0.141. The van der Waals surface area contributed by atoms with Crippen LogP contribution in [0.4, 0.5) is 5.69 Å². The summed E-state index contributed by atoms with van der Waals surface area (Å²) in [6, 6.07) is 15.5. The first kappa shape index (κ1) is 19.4. The van der Waals surface area contributed by atoms with Crippen molar-refractivity contribution in [2.75, 3.05) is 25.1 Å². The third kappa shape index (κ3) is 4.49. The van der Waals surface area contributed by atoms with Gasteiger partial charge in [0.1, 0.15) is 5.94 Å². The molecule has 5 heteroatoms. The highest BCUT2D eigenvalue weighted by Gasteiger charge is 2.22. The minimum absolute atomic E-state index is 0.149. The van der Waals surface area contributed by atoms with Gasteiger partial charge in [-0.1, -0.05) is 18.2 Å². The number of hydrogen-bond donors (Lipinski definition) is 0. The van der Waals surface area contributed by atoms with Gasteiger partial charge in [0.25, 0.3) is 0 Å². The summed E-state index contributed by atoms with van der Waals surface area (Å²) in [5.41, 5.74) is 4.33. The average Bonchev–Trinajstić information content (AvgIpc) is 2.74. The number of anilines is 1. The van der Waals surface area contributed by atoms with Crippen molar-refractivity contribution in [3.8, 4) is 17.2 Å². The van der Waals surface area contributed by atoms with Crippen molar-refractivity contribution in [1.82, 2.24) is 0 Å². The SMILES string of the molecule is COC(=O)CC1CCN(c2ccc(-c3ccc(C#N)cc3)c(C=C=O)c2)CC1. The van der Waals surface area contributed by atoms with Gasteiger partial charge in [0.05, 0.1) is 18.7 Å². The van der Waals surface area contributed by atoms with Crippen molar-refractivity contribution >= 4 is 23.7 Å². The summed E-state index contributed by atoms with van der Waals surface area (Å²) < 4.78 is 4.77. The quantitative estimate of drug-likeness (QED) is 0.587. The Hall–Kier alpha value is -3.35. The summed E-state index contributed by atoms with van der Waals surface area (Å²) in [5.74, 6) is 2.09. The van der Waals surface area contributed by atoms with Crippen LogP contribution in [0, 0.1) is 17.2 Å². The molecule has 1 saturated heterocycles. The van der Waals surface area contributed by atoms with Crippen LogP contribution in [-0.4, -0.2) is 32.1 Å². The Labute approximate surface area is 164 Å². The molecule has 0 unspecified atom stereocenters. The van der Waals surface area contributed by atoms with E-state index in [1.807, 2.05) is 30.2 Å². The number of carbonyl (C=O) groups is 1. The smallest absolute Gasteiger partial charge is 0.305 e. The average molecular weight is 374 g/mol. The molecule has 2 aromatic carbocycles. The molecule has 3 rings (SSSR count). The lowest BCUT2D eigenvalue weighted by Gasteiger charge is -2.33. The second-order valence-electron chi connectivity index (χ2n) is 6.93. The molecule has 1 heterocycles. The van der Waals surface area contributed by atoms with Crippen molar-refractivity contribution in [1.29, 1.82) is 5.26 Å². The summed E-state index contributed by atoms with van der Waals surface area (Å²) in [7, 11) is 1.43. The molecular weight excluding hydrogens is 352 g/mol. The number of nitrogens with zero attached hydrogens (tertiary/aromatic N) is 2. The summed E-state index contributed by atoms with van der Waals surface area (Å²) in [4.78, 5) is 24.8. The first-order valence-electron chi connectivity index (χ1n) is 9.32. The molecule has 5 nitrogen and oxygen atoms in total. The van der Waals surface area contributed by atoms with Gasteiger partial charge in [-0.2, -0.15) is 5.26 Å². The van der Waals surface area contributed by atoms with Crippen molar-refractivity contribution in [3.63, 3.8) is 0 Å². The fourth-order valence-electron chi connectivity index (χ4n) is 3.63. The molecular formula is C23H22N2O3. The van der Waals surface area contributed by atoms with E-state index in [2.05, 4.69) is 17.0 Å². The normalized spacial score (nSPS) is 14.1. The van der Waals surface area contributed by atoms with E-state index >= 15 is 0 Å². The largest absolute Gasteiger partial charge is 0.469 e. The lowest BCUT2D eigenvalue weighted by Crippen LogP contribution is -2.34. The van der Waals surface area contributed by atoms with E-state index in [1.165, 1.54) is 13.2 Å². The molecule has 0 aromatic heterocycles. The predicted molar refractivity (Wildman–Crippen MR) is 108 cm³/mol. The second-order valence-corrected chi connectivity index (χ2v) is 6.93. The maximum Gasteiger partial charge on any atom is 0.305 e. The van der Waals surface area contributed by atoms with E-state index in [-0.39, 0.29) is 5.97 Å². The van der Waals surface area contributed by atoms with Crippen LogP contribution >= 0.6 is 0 Å². The molecule has 0 aliphatic carbocycles. The third-order valence-corrected chi connectivity index (χ3v) is 5.24. The molecule has 1 fully saturated rings. The van der Waals surface area contributed by atoms with Crippen LogP contribution < -0.4 is 4.90 Å². The van der Waals surface area contributed by atoms with Gasteiger partial charge in [-0.3, -0.25) is 4.79 Å². The van der Waals surface area contributed by atoms with Gasteiger partial charge < -0.3 is 9.64 Å². The first-order valence-corrected chi connectivity index (χ1v) is 9.32. The molecule has 1 aliphatic rings. The zero-order valence-electron chi connectivity index (χ0n) is 15.9. The monoisotopic (exact) mass is 374 g/mol. The summed E-state index contributed by atoms with van der Waals surface area (Å²) in [6.07, 6.45) is 3.79. The van der Waals surface area contributed by atoms with E-state index in [0.29, 0.717) is 17.9 Å². The number of esters is 1. The first-order chi connectivity index (χ1) is 13.6. The summed E-state index contributed by atoms with van der Waals surface area (Å²) in [6.45, 7) is 1.73. The van der Waals surface area contributed by atoms with E-state index in [4.69, 9.17) is 10.00 Å². The molecule has 0 radical (unpaired) electrons. The van der Waals surface area contributed by atoms with E-state index in [9.17, 15) is 9.59 Å². The summed E-state index contributed by atoms with van der Waals surface area (Å²) >= 11 is 0. The fraction of sp³-hybridized carbons (Fsp3) is 0.304. The Morgan fingerprint density at radius 3 is 2.54 bits per heavy atom. The molecule has 0 bridgehead atoms. The number of nitriles is 1.